The fourth-order valence-electron chi connectivity index (χ4n) is 1.05. The summed E-state index contributed by atoms with van der Waals surface area (Å²) in [6, 6.07) is 3.91. The van der Waals surface area contributed by atoms with Crippen LogP contribution in [-0.4, -0.2) is 22.7 Å². The minimum Gasteiger partial charge on any atom is -0.394 e. The van der Waals surface area contributed by atoms with Crippen LogP contribution in [0.4, 0.5) is 5.69 Å². The molecule has 1 unspecified atom stereocenters. The number of nitrogens with zero attached hydrogens (tertiary/aromatic N) is 2. The summed E-state index contributed by atoms with van der Waals surface area (Å²) in [5, 5.41) is 9.07. The van der Waals surface area contributed by atoms with Crippen LogP contribution >= 0.6 is 16.1 Å². The second-order valence-electron chi connectivity index (χ2n) is 2.77. The fourth-order valence-corrected chi connectivity index (χ4v) is 1.68. The van der Waals surface area contributed by atoms with Crippen LogP contribution in [0, 0.1) is 0 Å². The van der Waals surface area contributed by atoms with E-state index in [-0.39, 0.29) is 12.6 Å². The highest BCUT2D eigenvalue weighted by atomic mass is 79.9. The van der Waals surface area contributed by atoms with Gasteiger partial charge in [0.15, 0.2) is 0 Å². The minimum absolute atomic E-state index is 0.101. The van der Waals surface area contributed by atoms with Gasteiger partial charge in [0.1, 0.15) is 0 Å². The van der Waals surface area contributed by atoms with Gasteiger partial charge in [-0.3, -0.25) is 4.98 Å². The van der Waals surface area contributed by atoms with Crippen LogP contribution in [0.25, 0.3) is 0 Å². The first kappa shape index (κ1) is 10.5. The largest absolute Gasteiger partial charge is 0.394 e. The third-order valence-corrected chi connectivity index (χ3v) is 2.88. The molecule has 1 N–H and O–H groups in total. The fraction of sp³-hybridized carbons (Fsp3) is 0.444. The molecule has 0 amide bonds. The highest BCUT2D eigenvalue weighted by molar-refractivity contribution is 9.10. The van der Waals surface area contributed by atoms with Crippen LogP contribution in [-0.2, 0) is 0 Å². The van der Waals surface area contributed by atoms with Crippen molar-refractivity contribution in [2.45, 2.75) is 19.4 Å². The number of aliphatic hydroxyl groups is 1. The average Bonchev–Trinajstić information content (AvgIpc) is 2.21. The van der Waals surface area contributed by atoms with Gasteiger partial charge in [0.05, 0.1) is 40.7 Å². The summed E-state index contributed by atoms with van der Waals surface area (Å²) in [6.45, 7) is 2.17. The van der Waals surface area contributed by atoms with Crippen LogP contribution < -0.4 is 3.93 Å². The molecule has 0 radical (unpaired) electrons. The molecule has 0 fully saturated rings. The van der Waals surface area contributed by atoms with Crippen LogP contribution in [0.3, 0.4) is 0 Å². The monoisotopic (exact) mass is 244 g/mol. The Hall–Kier alpha value is -0.610. The maximum absolute atomic E-state index is 9.07. The summed E-state index contributed by atoms with van der Waals surface area (Å²) < 4.78 is 1.86. The van der Waals surface area contributed by atoms with E-state index in [0.29, 0.717) is 0 Å². The van der Waals surface area contributed by atoms with Gasteiger partial charge in [-0.1, -0.05) is 6.92 Å². The quantitative estimate of drug-likeness (QED) is 0.824. The predicted molar refractivity (Wildman–Crippen MR) is 56.8 cm³/mol. The third-order valence-electron chi connectivity index (χ3n) is 1.90. The summed E-state index contributed by atoms with van der Waals surface area (Å²) in [5.74, 6) is 0. The van der Waals surface area contributed by atoms with Crippen molar-refractivity contribution in [3.63, 3.8) is 0 Å². The highest BCUT2D eigenvalue weighted by Crippen LogP contribution is 2.20. The summed E-state index contributed by atoms with van der Waals surface area (Å²) in [7, 11) is 0. The van der Waals surface area contributed by atoms with Crippen LogP contribution in [0.2, 0.25) is 0 Å². The van der Waals surface area contributed by atoms with Crippen LogP contribution in [0.15, 0.2) is 24.5 Å². The molecule has 0 spiro atoms. The van der Waals surface area contributed by atoms with Crippen molar-refractivity contribution in [1.82, 2.24) is 4.98 Å². The number of hydrogen-bond acceptors (Lipinski definition) is 3. The van der Waals surface area contributed by atoms with E-state index in [4.69, 9.17) is 5.11 Å². The Balaban J connectivity index is 2.72. The Morgan fingerprint density at radius 1 is 1.69 bits per heavy atom. The van der Waals surface area contributed by atoms with Crippen molar-refractivity contribution >= 4 is 21.8 Å². The standard InChI is InChI=1S/C9H13BrN2O/c1-2-8(7-13)12(10)9-4-3-5-11-6-9/h3-6,8,13H,2,7H2,1H3. The minimum atomic E-state index is 0.101. The van der Waals surface area contributed by atoms with Crippen molar-refractivity contribution in [3.05, 3.63) is 24.5 Å². The molecule has 1 heterocycles. The Kier molecular flexibility index (Phi) is 4.18. The Labute approximate surface area is 86.7 Å². The van der Waals surface area contributed by atoms with Crippen molar-refractivity contribution in [2.75, 3.05) is 10.5 Å². The summed E-state index contributed by atoms with van der Waals surface area (Å²) >= 11 is 3.41. The van der Waals surface area contributed by atoms with E-state index in [9.17, 15) is 0 Å². The first-order valence-corrected chi connectivity index (χ1v) is 4.96. The van der Waals surface area contributed by atoms with E-state index in [1.165, 1.54) is 0 Å². The van der Waals surface area contributed by atoms with Gasteiger partial charge in [-0.05, 0) is 18.6 Å². The van der Waals surface area contributed by atoms with E-state index >= 15 is 0 Å². The second-order valence-corrected chi connectivity index (χ2v) is 3.53. The molecule has 0 aliphatic rings. The molecule has 0 bridgehead atoms. The lowest BCUT2D eigenvalue weighted by Crippen LogP contribution is -2.29. The summed E-state index contributed by atoms with van der Waals surface area (Å²) in [6.07, 6.45) is 4.37. The molecule has 1 aromatic heterocycles. The smallest absolute Gasteiger partial charge is 0.0658 e. The molecule has 1 aromatic rings. The lowest BCUT2D eigenvalue weighted by atomic mass is 10.2. The van der Waals surface area contributed by atoms with E-state index < -0.39 is 0 Å². The molecular weight excluding hydrogens is 232 g/mol. The normalized spacial score (nSPS) is 12.5. The van der Waals surface area contributed by atoms with Crippen molar-refractivity contribution in [3.8, 4) is 0 Å². The molecule has 3 nitrogen and oxygen atoms in total. The Morgan fingerprint density at radius 3 is 2.92 bits per heavy atom. The lowest BCUT2D eigenvalue weighted by Gasteiger charge is -2.24. The number of anilines is 1. The van der Waals surface area contributed by atoms with Crippen molar-refractivity contribution in [1.29, 1.82) is 0 Å². The van der Waals surface area contributed by atoms with Gasteiger partial charge >= 0.3 is 0 Å². The molecule has 0 aromatic carbocycles. The first-order chi connectivity index (χ1) is 6.29. The van der Waals surface area contributed by atoms with Crippen molar-refractivity contribution < 1.29 is 5.11 Å². The van der Waals surface area contributed by atoms with Gasteiger partial charge in [-0.2, -0.15) is 0 Å². The first-order valence-electron chi connectivity index (χ1n) is 4.25. The topological polar surface area (TPSA) is 36.4 Å². The maximum atomic E-state index is 9.07. The Bertz CT molecular complexity index is 239. The van der Waals surface area contributed by atoms with Gasteiger partial charge in [-0.25, -0.2) is 0 Å². The zero-order valence-electron chi connectivity index (χ0n) is 7.52. The summed E-state index contributed by atoms with van der Waals surface area (Å²) in [5.41, 5.74) is 0.961. The molecule has 0 aliphatic carbocycles. The average molecular weight is 245 g/mol. The van der Waals surface area contributed by atoms with Gasteiger partial charge in [-0.15, -0.1) is 0 Å². The maximum Gasteiger partial charge on any atom is 0.0658 e. The zero-order valence-corrected chi connectivity index (χ0v) is 9.11. The molecule has 0 aliphatic heterocycles. The Morgan fingerprint density at radius 2 is 2.46 bits per heavy atom. The van der Waals surface area contributed by atoms with Gasteiger partial charge < -0.3 is 9.03 Å². The van der Waals surface area contributed by atoms with Gasteiger partial charge in [0, 0.05) is 6.20 Å². The molecule has 0 saturated heterocycles. The number of halogens is 1. The SMILES string of the molecule is CCC(CO)N(Br)c1cccnc1. The van der Waals surface area contributed by atoms with Gasteiger partial charge in [0.25, 0.3) is 0 Å². The van der Waals surface area contributed by atoms with E-state index in [1.807, 2.05) is 23.0 Å². The van der Waals surface area contributed by atoms with Crippen LogP contribution in [0.5, 0.6) is 0 Å². The van der Waals surface area contributed by atoms with Crippen molar-refractivity contribution in [2.24, 2.45) is 0 Å². The predicted octanol–water partition coefficient (Wildman–Crippen LogP) is 1.97. The number of hydrogen-bond donors (Lipinski definition) is 1. The highest BCUT2D eigenvalue weighted by Gasteiger charge is 2.13. The number of rotatable bonds is 4. The molecule has 4 heteroatoms. The third kappa shape index (κ3) is 2.67. The van der Waals surface area contributed by atoms with E-state index in [0.717, 1.165) is 12.1 Å². The molecule has 13 heavy (non-hydrogen) atoms. The number of pyridine rings is 1. The van der Waals surface area contributed by atoms with E-state index in [2.05, 4.69) is 21.1 Å². The van der Waals surface area contributed by atoms with Crippen LogP contribution in [0.1, 0.15) is 13.3 Å². The molecule has 1 rings (SSSR count). The molecular formula is C9H13BrN2O. The lowest BCUT2D eigenvalue weighted by molar-refractivity contribution is 0.266. The molecule has 1 atom stereocenters. The number of aromatic nitrogens is 1. The van der Waals surface area contributed by atoms with Gasteiger partial charge in [0.2, 0.25) is 0 Å². The zero-order chi connectivity index (χ0) is 9.68. The summed E-state index contributed by atoms with van der Waals surface area (Å²) in [4.78, 5) is 4.00. The van der Waals surface area contributed by atoms with E-state index in [1.54, 1.807) is 12.4 Å². The molecule has 0 saturated carbocycles. The molecule has 72 valence electrons. The number of aliphatic hydroxyl groups excluding tert-OH is 1. The second kappa shape index (κ2) is 5.19.